The number of nitrogens with two attached hydrogens (primary N) is 1. The van der Waals surface area contributed by atoms with Gasteiger partial charge < -0.3 is 10.5 Å². The minimum absolute atomic E-state index is 0.160. The topological polar surface area (TPSA) is 52.3 Å². The first-order chi connectivity index (χ1) is 7.81. The number of esters is 1. The molecular formula is C13H18BrNO2. The molecule has 1 aromatic rings. The van der Waals surface area contributed by atoms with Gasteiger partial charge in [-0.3, -0.25) is 0 Å². The van der Waals surface area contributed by atoms with Crippen LogP contribution >= 0.6 is 15.9 Å². The van der Waals surface area contributed by atoms with Gasteiger partial charge in [-0.25, -0.2) is 4.79 Å². The largest absolute Gasteiger partial charge is 0.462 e. The van der Waals surface area contributed by atoms with Crippen LogP contribution in [0.5, 0.6) is 0 Å². The van der Waals surface area contributed by atoms with Crippen molar-refractivity contribution in [3.05, 3.63) is 28.2 Å². The van der Waals surface area contributed by atoms with E-state index in [1.165, 1.54) is 0 Å². The van der Waals surface area contributed by atoms with Gasteiger partial charge in [0.25, 0.3) is 0 Å². The minimum Gasteiger partial charge on any atom is -0.462 e. The number of carbonyl (C=O) groups excluding carboxylic acids is 1. The SMILES string of the molecule is CC(C)(C)CCOC(=O)c1cccc(N)c1Br. The van der Waals surface area contributed by atoms with E-state index in [4.69, 9.17) is 10.5 Å². The van der Waals surface area contributed by atoms with Gasteiger partial charge in [-0.1, -0.05) is 26.8 Å². The lowest BCUT2D eigenvalue weighted by Gasteiger charge is -2.17. The van der Waals surface area contributed by atoms with Gasteiger partial charge in [0.15, 0.2) is 0 Å². The average molecular weight is 300 g/mol. The molecule has 0 fully saturated rings. The van der Waals surface area contributed by atoms with E-state index < -0.39 is 0 Å². The number of rotatable bonds is 3. The van der Waals surface area contributed by atoms with Gasteiger partial charge in [0, 0.05) is 5.69 Å². The summed E-state index contributed by atoms with van der Waals surface area (Å²) in [6.45, 7) is 6.75. The van der Waals surface area contributed by atoms with Crippen molar-refractivity contribution in [2.75, 3.05) is 12.3 Å². The van der Waals surface area contributed by atoms with Gasteiger partial charge in [-0.15, -0.1) is 0 Å². The van der Waals surface area contributed by atoms with Crippen molar-refractivity contribution >= 4 is 27.6 Å². The molecule has 0 amide bonds. The lowest BCUT2D eigenvalue weighted by atomic mass is 9.93. The molecule has 0 bridgehead atoms. The molecule has 0 aromatic heterocycles. The van der Waals surface area contributed by atoms with Gasteiger partial charge in [-0.2, -0.15) is 0 Å². The van der Waals surface area contributed by atoms with Crippen molar-refractivity contribution in [3.8, 4) is 0 Å². The van der Waals surface area contributed by atoms with E-state index in [2.05, 4.69) is 36.7 Å². The standard InChI is InChI=1S/C13H18BrNO2/c1-13(2,3)7-8-17-12(16)9-5-4-6-10(15)11(9)14/h4-6H,7-8,15H2,1-3H3. The van der Waals surface area contributed by atoms with Crippen molar-refractivity contribution < 1.29 is 9.53 Å². The molecule has 0 radical (unpaired) electrons. The third-order valence-corrected chi connectivity index (χ3v) is 3.22. The Morgan fingerprint density at radius 3 is 2.65 bits per heavy atom. The second-order valence-corrected chi connectivity index (χ2v) is 5.95. The number of ether oxygens (including phenoxy) is 1. The van der Waals surface area contributed by atoms with Crippen molar-refractivity contribution in [2.24, 2.45) is 5.41 Å². The zero-order valence-electron chi connectivity index (χ0n) is 10.4. The lowest BCUT2D eigenvalue weighted by molar-refractivity contribution is 0.0464. The first kappa shape index (κ1) is 14.0. The zero-order chi connectivity index (χ0) is 13.1. The number of anilines is 1. The number of benzene rings is 1. The van der Waals surface area contributed by atoms with Crippen LogP contribution in [0.1, 0.15) is 37.6 Å². The predicted octanol–water partition coefficient (Wildman–Crippen LogP) is 3.62. The molecule has 0 spiro atoms. The molecule has 0 saturated carbocycles. The maximum Gasteiger partial charge on any atom is 0.339 e. The summed E-state index contributed by atoms with van der Waals surface area (Å²) in [5, 5.41) is 0. The molecule has 1 rings (SSSR count). The summed E-state index contributed by atoms with van der Waals surface area (Å²) in [5.41, 5.74) is 6.87. The Bertz CT molecular complexity index is 410. The lowest BCUT2D eigenvalue weighted by Crippen LogP contribution is -2.13. The smallest absolute Gasteiger partial charge is 0.339 e. The van der Waals surface area contributed by atoms with Gasteiger partial charge in [0.2, 0.25) is 0 Å². The van der Waals surface area contributed by atoms with E-state index in [0.29, 0.717) is 22.3 Å². The van der Waals surface area contributed by atoms with Crippen LogP contribution in [0.4, 0.5) is 5.69 Å². The van der Waals surface area contributed by atoms with Crippen LogP contribution in [0.25, 0.3) is 0 Å². The highest BCUT2D eigenvalue weighted by atomic mass is 79.9. The second-order valence-electron chi connectivity index (χ2n) is 5.16. The van der Waals surface area contributed by atoms with Gasteiger partial charge >= 0.3 is 5.97 Å². The van der Waals surface area contributed by atoms with Crippen LogP contribution in [0, 0.1) is 5.41 Å². The summed E-state index contributed by atoms with van der Waals surface area (Å²) in [5.74, 6) is -0.339. The number of halogens is 1. The number of hydrogen-bond donors (Lipinski definition) is 1. The third kappa shape index (κ3) is 4.38. The molecule has 2 N–H and O–H groups in total. The fourth-order valence-corrected chi connectivity index (χ4v) is 1.66. The Labute approximate surface area is 110 Å². The highest BCUT2D eigenvalue weighted by Crippen LogP contribution is 2.25. The maximum absolute atomic E-state index is 11.8. The molecule has 0 unspecified atom stereocenters. The van der Waals surface area contributed by atoms with Crippen LogP contribution in [-0.2, 0) is 4.74 Å². The van der Waals surface area contributed by atoms with Crippen LogP contribution in [0.2, 0.25) is 0 Å². The highest BCUT2D eigenvalue weighted by Gasteiger charge is 2.15. The number of hydrogen-bond acceptors (Lipinski definition) is 3. The van der Waals surface area contributed by atoms with E-state index in [9.17, 15) is 4.79 Å². The average Bonchev–Trinajstić information content (AvgIpc) is 2.20. The van der Waals surface area contributed by atoms with Crippen molar-refractivity contribution in [1.82, 2.24) is 0 Å². The summed E-state index contributed by atoms with van der Waals surface area (Å²) >= 11 is 3.29. The second kappa shape index (κ2) is 5.54. The van der Waals surface area contributed by atoms with Crippen molar-refractivity contribution in [3.63, 3.8) is 0 Å². The molecule has 0 atom stereocenters. The molecule has 3 nitrogen and oxygen atoms in total. The van der Waals surface area contributed by atoms with E-state index in [-0.39, 0.29) is 11.4 Å². The summed E-state index contributed by atoms with van der Waals surface area (Å²) in [6.07, 6.45) is 0.832. The monoisotopic (exact) mass is 299 g/mol. The fraction of sp³-hybridized carbons (Fsp3) is 0.462. The molecule has 0 aliphatic rings. The summed E-state index contributed by atoms with van der Waals surface area (Å²) < 4.78 is 5.81. The molecule has 1 aromatic carbocycles. The highest BCUT2D eigenvalue weighted by molar-refractivity contribution is 9.10. The maximum atomic E-state index is 11.8. The molecule has 0 aliphatic heterocycles. The molecule has 0 saturated heterocycles. The van der Waals surface area contributed by atoms with Crippen molar-refractivity contribution in [1.29, 1.82) is 0 Å². The van der Waals surface area contributed by atoms with Crippen LogP contribution in [0.3, 0.4) is 0 Å². The Kier molecular flexibility index (Phi) is 4.57. The number of carbonyl (C=O) groups is 1. The Hall–Kier alpha value is -1.03. The molecule has 0 heterocycles. The molecule has 17 heavy (non-hydrogen) atoms. The van der Waals surface area contributed by atoms with Crippen LogP contribution in [-0.4, -0.2) is 12.6 Å². The minimum atomic E-state index is -0.339. The van der Waals surface area contributed by atoms with E-state index in [0.717, 1.165) is 6.42 Å². The van der Waals surface area contributed by atoms with Gasteiger partial charge in [0.05, 0.1) is 16.6 Å². The summed E-state index contributed by atoms with van der Waals surface area (Å²) in [4.78, 5) is 11.8. The van der Waals surface area contributed by atoms with Crippen molar-refractivity contribution in [2.45, 2.75) is 27.2 Å². The normalized spacial score (nSPS) is 11.3. The van der Waals surface area contributed by atoms with E-state index in [1.54, 1.807) is 18.2 Å². The Balaban J connectivity index is 2.62. The first-order valence-electron chi connectivity index (χ1n) is 5.52. The predicted molar refractivity (Wildman–Crippen MR) is 72.9 cm³/mol. The van der Waals surface area contributed by atoms with Crippen LogP contribution in [0.15, 0.2) is 22.7 Å². The summed E-state index contributed by atoms with van der Waals surface area (Å²) in [6, 6.07) is 5.16. The molecule has 0 aliphatic carbocycles. The zero-order valence-corrected chi connectivity index (χ0v) is 12.0. The first-order valence-corrected chi connectivity index (χ1v) is 6.32. The third-order valence-electron chi connectivity index (χ3n) is 2.33. The fourth-order valence-electron chi connectivity index (χ4n) is 1.24. The van der Waals surface area contributed by atoms with Crippen LogP contribution < -0.4 is 5.73 Å². The Morgan fingerprint density at radius 2 is 2.06 bits per heavy atom. The number of nitrogen functional groups attached to an aromatic ring is 1. The van der Waals surface area contributed by atoms with E-state index in [1.807, 2.05) is 0 Å². The molecule has 4 heteroatoms. The van der Waals surface area contributed by atoms with Gasteiger partial charge in [0.1, 0.15) is 0 Å². The molecular weight excluding hydrogens is 282 g/mol. The van der Waals surface area contributed by atoms with Gasteiger partial charge in [-0.05, 0) is 39.9 Å². The van der Waals surface area contributed by atoms with E-state index >= 15 is 0 Å². The molecule has 94 valence electrons. The Morgan fingerprint density at radius 1 is 1.41 bits per heavy atom. The quantitative estimate of drug-likeness (QED) is 0.685. The summed E-state index contributed by atoms with van der Waals surface area (Å²) in [7, 11) is 0.